The number of nitrogens with zero attached hydrogens (tertiary/aromatic N) is 20. The van der Waals surface area contributed by atoms with E-state index in [2.05, 4.69) is 151 Å². The van der Waals surface area contributed by atoms with Crippen LogP contribution in [0.5, 0.6) is 0 Å². The Bertz CT molecular complexity index is 8330. The third-order valence-electron chi connectivity index (χ3n) is 21.9. The molecular formula is C93H88N28O17S7. The standard InChI is InChI=1S/C19H21N5O2S.C17H17N5O4S.C15H13N5O3S.C15H14N4O4S2.C14H12N4O2S.C13H11N5O2S/c1-27(25,26)17-7-5-6-16(18(17)19-20-22-23-21-19)14-8-10-15(11-9-14)24-12-3-2-4-13-24;1-27(25,26)14-4-2-3-13(15(14)16-19-21-22-20-16)11-5-7-12(8-6-11)17(24)18-9-10-23;1-24(22,23)12-4-2-3-11(13(12)15-17-19-20-18-15)9-5-7-10(8-6-9)14(16)21;1-24(20,21)11-8-6-10(7-9-11)12-4-3-5-13(25(2,22)23)14(12)15-16-18-19-17-15;1-21(19,20)12-9-5-8-11(10-6-3-2-4-7-10)13(12)14-15-17-18-16-14;1-21(19,20)11-6-2-5-10(9-4-3-7-14-8-9)12(11)13-15-17-18-16-13/h5-11H,2-4,12-13H2,1H3,(H,20,21,22,23);2-8,23H,9-10H2,1H3,(H,18,24)(H,19,20,21,22);2-8H,1H3,(H2,16,21)(H,17,18,19,20);3-9H,1-2H3,(H,16,17,18,19);2-9H,1H3,(H,15,16,17,18);2-8H,1H3,(H,15,16,17,18). The number of sulfone groups is 7. The number of carbonyl (C=O) groups excluding carboxylic acids is 2. The second-order valence-electron chi connectivity index (χ2n) is 32.1. The first kappa shape index (κ1) is 104. The molecule has 18 aromatic rings. The molecule has 11 aromatic carbocycles. The highest BCUT2D eigenvalue weighted by atomic mass is 32.2. The number of amides is 2. The van der Waals surface area contributed by atoms with Gasteiger partial charge in [-0.3, -0.25) is 14.6 Å². The fourth-order valence-corrected chi connectivity index (χ4v) is 21.4. The summed E-state index contributed by atoms with van der Waals surface area (Å²) in [6.07, 6.45) is 15.0. The summed E-state index contributed by atoms with van der Waals surface area (Å²) < 4.78 is 169. The van der Waals surface area contributed by atoms with E-state index in [-0.39, 0.29) is 88.3 Å². The Hall–Kier alpha value is -16.7. The lowest BCUT2D eigenvalue weighted by molar-refractivity contribution is 0.0943. The van der Waals surface area contributed by atoms with Gasteiger partial charge >= 0.3 is 0 Å². The van der Waals surface area contributed by atoms with Gasteiger partial charge in [-0.1, -0.05) is 158 Å². The van der Waals surface area contributed by atoms with Gasteiger partial charge < -0.3 is 21.1 Å². The molecule has 7 aromatic heterocycles. The van der Waals surface area contributed by atoms with Crippen LogP contribution in [0.15, 0.2) is 295 Å². The summed E-state index contributed by atoms with van der Waals surface area (Å²) in [6.45, 7) is 2.18. The highest BCUT2D eigenvalue weighted by Crippen LogP contribution is 2.43. The van der Waals surface area contributed by atoms with E-state index in [0.29, 0.717) is 83.5 Å². The SMILES string of the molecule is CS(=O)(=O)c1ccc(-c2cccc(S(C)(=O)=O)c2-c2nn[nH]n2)cc1.CS(=O)(=O)c1cccc(-c2ccc(C(=O)NCCO)cc2)c1-c1nn[nH]n1.CS(=O)(=O)c1cccc(-c2ccc(C(N)=O)cc2)c1-c1nn[nH]n1.CS(=O)(=O)c1cccc(-c2ccc(N3CCCCC3)cc2)c1-c1nn[nH]n1.CS(=O)(=O)c1cccc(-c2ccccc2)c1-c1nn[nH]n1.CS(=O)(=O)c1cccc(-c2cccnc2)c1-c1nn[nH]n1. The zero-order valence-electron chi connectivity index (χ0n) is 77.6. The van der Waals surface area contributed by atoms with E-state index in [4.69, 9.17) is 10.8 Å². The number of aromatic nitrogens is 25. The van der Waals surface area contributed by atoms with Gasteiger partial charge in [0.1, 0.15) is 0 Å². The van der Waals surface area contributed by atoms with E-state index in [9.17, 15) is 68.5 Å². The summed E-state index contributed by atoms with van der Waals surface area (Å²) in [4.78, 5) is 30.6. The molecule has 2 amide bonds. The zero-order chi connectivity index (χ0) is 104. The van der Waals surface area contributed by atoms with Gasteiger partial charge in [0.15, 0.2) is 68.9 Å². The molecule has 0 atom stereocenters. The number of nitrogens with two attached hydrogens (primary N) is 1. The first-order valence-corrected chi connectivity index (χ1v) is 56.3. The van der Waals surface area contributed by atoms with Gasteiger partial charge in [0.2, 0.25) is 40.9 Å². The van der Waals surface area contributed by atoms with Gasteiger partial charge in [-0.25, -0.2) is 58.9 Å². The van der Waals surface area contributed by atoms with Gasteiger partial charge in [-0.05, 0) is 203 Å². The minimum atomic E-state index is -3.54. The number of nitrogens with one attached hydrogen (secondary N) is 7. The minimum absolute atomic E-state index is 0.0681. The Balaban J connectivity index is 0.000000138. The fraction of sp³-hybridized carbons (Fsp3) is 0.151. The highest BCUT2D eigenvalue weighted by molar-refractivity contribution is 7.92. The van der Waals surface area contributed by atoms with E-state index >= 15 is 0 Å². The van der Waals surface area contributed by atoms with Crippen LogP contribution in [-0.2, 0) is 68.9 Å². The van der Waals surface area contributed by atoms with Gasteiger partial charge in [0.05, 0.1) is 40.9 Å². The number of benzene rings is 11. The lowest BCUT2D eigenvalue weighted by Crippen LogP contribution is -2.29. The van der Waals surface area contributed by atoms with Crippen molar-refractivity contribution in [2.45, 2.75) is 53.5 Å². The van der Waals surface area contributed by atoms with Crippen molar-refractivity contribution >= 4 is 86.4 Å². The van der Waals surface area contributed by atoms with Crippen molar-refractivity contribution in [1.29, 1.82) is 0 Å². The molecule has 45 nitrogen and oxygen atoms in total. The third-order valence-corrected chi connectivity index (χ3v) is 29.8. The van der Waals surface area contributed by atoms with E-state index < -0.39 is 74.8 Å². The number of hydrogen-bond acceptors (Lipinski definition) is 37. The molecule has 10 N–H and O–H groups in total. The molecule has 0 radical (unpaired) electrons. The van der Waals surface area contributed by atoms with Crippen LogP contribution in [0, 0.1) is 0 Å². The number of aliphatic hydroxyl groups excluding tert-OH is 1. The molecule has 744 valence electrons. The van der Waals surface area contributed by atoms with Crippen LogP contribution in [0.4, 0.5) is 5.69 Å². The second kappa shape index (κ2) is 45.1. The number of H-pyrrole nitrogens is 6. The number of rotatable bonds is 24. The Morgan fingerprint density at radius 2 is 0.579 bits per heavy atom. The number of hydrogen-bond donors (Lipinski definition) is 9. The number of aromatic amines is 6. The summed E-state index contributed by atoms with van der Waals surface area (Å²) in [5, 5.41) is 93.8. The van der Waals surface area contributed by atoms with Gasteiger partial charge in [-0.2, -0.15) is 31.3 Å². The largest absolute Gasteiger partial charge is 0.395 e. The van der Waals surface area contributed by atoms with Crippen LogP contribution in [0.1, 0.15) is 40.0 Å². The van der Waals surface area contributed by atoms with Gasteiger partial charge in [0, 0.05) is 132 Å². The summed E-state index contributed by atoms with van der Waals surface area (Å²) in [6, 6.07) is 70.6. The number of pyridine rings is 1. The zero-order valence-corrected chi connectivity index (χ0v) is 83.3. The van der Waals surface area contributed by atoms with Gasteiger partial charge in [-0.15, -0.1) is 61.2 Å². The number of aliphatic hydroxyl groups is 1. The van der Waals surface area contributed by atoms with E-state index in [1.807, 2.05) is 60.7 Å². The molecular weight excluding hydrogens is 2010 g/mol. The first-order valence-electron chi connectivity index (χ1n) is 43.1. The van der Waals surface area contributed by atoms with E-state index in [1.165, 1.54) is 73.9 Å². The van der Waals surface area contributed by atoms with E-state index in [1.54, 1.807) is 152 Å². The topological polar surface area (TPSA) is 674 Å². The average molecular weight is 2090 g/mol. The smallest absolute Gasteiger partial charge is 0.251 e. The van der Waals surface area contributed by atoms with Crippen molar-refractivity contribution in [1.82, 2.24) is 134 Å². The van der Waals surface area contributed by atoms with Crippen molar-refractivity contribution in [3.05, 3.63) is 272 Å². The number of carbonyl (C=O) groups is 2. The number of tetrazole rings is 6. The molecule has 8 heterocycles. The molecule has 1 aliphatic heterocycles. The summed E-state index contributed by atoms with van der Waals surface area (Å²) in [5.41, 5.74) is 18.2. The summed E-state index contributed by atoms with van der Waals surface area (Å²) >= 11 is 0. The summed E-state index contributed by atoms with van der Waals surface area (Å²) in [7, 11) is -24.2. The maximum absolute atomic E-state index is 12.3. The fourth-order valence-electron chi connectivity index (χ4n) is 15.4. The maximum atomic E-state index is 12.3. The quantitative estimate of drug-likeness (QED) is 0.0272. The molecule has 0 saturated carbocycles. The Morgan fingerprint density at radius 1 is 0.310 bits per heavy atom. The van der Waals surface area contributed by atoms with Crippen LogP contribution >= 0.6 is 0 Å². The molecule has 0 unspecified atom stereocenters. The molecule has 1 fully saturated rings. The normalized spacial score (nSPS) is 12.2. The van der Waals surface area contributed by atoms with E-state index in [0.717, 1.165) is 72.2 Å². The lowest BCUT2D eigenvalue weighted by Gasteiger charge is -2.29. The predicted molar refractivity (Wildman–Crippen MR) is 534 cm³/mol. The van der Waals surface area contributed by atoms with Crippen molar-refractivity contribution < 1.29 is 73.6 Å². The van der Waals surface area contributed by atoms with Crippen molar-refractivity contribution in [2.75, 3.05) is 74.9 Å². The van der Waals surface area contributed by atoms with Gasteiger partial charge in [0.25, 0.3) is 5.91 Å². The molecule has 0 spiro atoms. The van der Waals surface area contributed by atoms with Crippen molar-refractivity contribution in [2.24, 2.45) is 5.73 Å². The minimum Gasteiger partial charge on any atom is -0.395 e. The highest BCUT2D eigenvalue weighted by Gasteiger charge is 2.30. The summed E-state index contributed by atoms with van der Waals surface area (Å²) in [5.74, 6) is 0.392. The first-order chi connectivity index (χ1) is 69.1. The number of anilines is 1. The third kappa shape index (κ3) is 25.6. The molecule has 1 saturated heterocycles. The van der Waals surface area contributed by atoms with Crippen LogP contribution in [0.3, 0.4) is 0 Å². The van der Waals surface area contributed by atoms with Crippen molar-refractivity contribution in [3.63, 3.8) is 0 Å². The molecule has 0 aliphatic carbocycles. The lowest BCUT2D eigenvalue weighted by atomic mass is 9.98. The van der Waals surface area contributed by atoms with Crippen LogP contribution in [0.25, 0.3) is 135 Å². The molecule has 19 rings (SSSR count). The van der Waals surface area contributed by atoms with Crippen LogP contribution in [-0.4, -0.2) is 275 Å². The second-order valence-corrected chi connectivity index (χ2v) is 46.0. The van der Waals surface area contributed by atoms with Crippen molar-refractivity contribution in [3.8, 4) is 135 Å². The number of primary amides is 1. The molecule has 1 aliphatic rings. The Morgan fingerprint density at radius 3 is 0.834 bits per heavy atom. The predicted octanol–water partition coefficient (Wildman–Crippen LogP) is 9.23. The molecule has 52 heteroatoms. The Kier molecular flexibility index (Phi) is 32.4. The monoisotopic (exact) mass is 2090 g/mol. The van der Waals surface area contributed by atoms with Crippen LogP contribution < -0.4 is 16.0 Å². The Labute approximate surface area is 829 Å². The molecule has 145 heavy (non-hydrogen) atoms. The van der Waals surface area contributed by atoms with Crippen LogP contribution in [0.2, 0.25) is 0 Å². The maximum Gasteiger partial charge on any atom is 0.251 e. The average Bonchev–Trinajstić information content (AvgIpc) is 1.75. The number of piperidine rings is 1. The molecule has 0 bridgehead atoms.